The third kappa shape index (κ3) is 14.7. The molecular weight excluding hydrogens is 572 g/mol. The number of aliphatic hydroxyl groups is 3. The zero-order valence-electron chi connectivity index (χ0n) is 28.5. The molecule has 0 aromatic carbocycles. The predicted octanol–water partition coefficient (Wildman–Crippen LogP) is 7.12. The topological polar surface area (TPSA) is 123 Å². The van der Waals surface area contributed by atoms with Gasteiger partial charge in [-0.05, 0) is 84.0 Å². The summed E-state index contributed by atoms with van der Waals surface area (Å²) in [5.41, 5.74) is 0. The lowest BCUT2D eigenvalue weighted by atomic mass is 9.96. The summed E-state index contributed by atoms with van der Waals surface area (Å²) in [5.74, 6) is -0.366. The Morgan fingerprint density at radius 2 is 1.22 bits per heavy atom. The highest BCUT2D eigenvalue weighted by molar-refractivity contribution is 5.83. The number of rotatable bonds is 25. The number of carbonyl (C=O) groups excluding carboxylic acids is 2. The molecule has 1 unspecified atom stereocenters. The van der Waals surface area contributed by atoms with Crippen molar-refractivity contribution >= 4 is 11.8 Å². The Kier molecular flexibility index (Phi) is 18.5. The summed E-state index contributed by atoms with van der Waals surface area (Å²) >= 11 is 0. The highest BCUT2D eigenvalue weighted by Gasteiger charge is 2.40. The summed E-state index contributed by atoms with van der Waals surface area (Å²) in [5, 5.41) is 31.7. The number of hydrogen-bond donors (Lipinski definition) is 3. The minimum absolute atomic E-state index is 0.00262. The zero-order valence-corrected chi connectivity index (χ0v) is 28.5. The molecule has 9 atom stereocenters. The maximum atomic E-state index is 11.9. The minimum atomic E-state index is -0.490. The lowest BCUT2D eigenvalue weighted by molar-refractivity contribution is -0.145. The summed E-state index contributed by atoms with van der Waals surface area (Å²) in [6, 6.07) is 0. The summed E-state index contributed by atoms with van der Waals surface area (Å²) in [4.78, 5) is 23.1. The first-order valence-corrected chi connectivity index (χ1v) is 18.8. The van der Waals surface area contributed by atoms with Crippen LogP contribution in [-0.4, -0.2) is 75.9 Å². The molecule has 3 N–H and O–H groups in total. The van der Waals surface area contributed by atoms with Crippen LogP contribution in [-0.2, 0) is 23.8 Å². The van der Waals surface area contributed by atoms with E-state index < -0.39 is 12.2 Å². The fourth-order valence-electron chi connectivity index (χ4n) is 7.58. The van der Waals surface area contributed by atoms with E-state index >= 15 is 0 Å². The van der Waals surface area contributed by atoms with E-state index in [4.69, 9.17) is 14.2 Å². The molecule has 45 heavy (non-hydrogen) atoms. The number of unbranched alkanes of at least 4 members (excludes halogenated alkanes) is 10. The molecule has 0 saturated carbocycles. The maximum Gasteiger partial charge on any atom is 0.309 e. The van der Waals surface area contributed by atoms with E-state index in [0.29, 0.717) is 19.3 Å². The van der Waals surface area contributed by atoms with Crippen LogP contribution in [0.1, 0.15) is 168 Å². The van der Waals surface area contributed by atoms with Crippen LogP contribution in [0.25, 0.3) is 0 Å². The van der Waals surface area contributed by atoms with E-state index in [1.165, 1.54) is 51.9 Å². The second-order valence-corrected chi connectivity index (χ2v) is 14.5. The standard InChI is InChI=1S/C37H66O8/c1-3-4-5-12-16-29(39)17-15-20-32(41)34-22-24-36(45-34)35-23-21-33(44-35)31(40)19-14-11-9-7-6-8-10-13-18-30-26-28(25-27(2)38)37(42)43-30/h28-36,39-41H,3-26H2,1-2H3/t28?,29-,30-,31+,32-,33+,34+,35+,36+/m0/s1. The van der Waals surface area contributed by atoms with E-state index in [0.717, 1.165) is 89.9 Å². The van der Waals surface area contributed by atoms with Crippen molar-refractivity contribution in [3.63, 3.8) is 0 Å². The van der Waals surface area contributed by atoms with Crippen molar-refractivity contribution in [1.82, 2.24) is 0 Å². The molecule has 3 aliphatic heterocycles. The summed E-state index contributed by atoms with van der Waals surface area (Å²) < 4.78 is 17.9. The van der Waals surface area contributed by atoms with E-state index in [9.17, 15) is 24.9 Å². The fraction of sp³-hybridized carbons (Fsp3) is 0.946. The van der Waals surface area contributed by atoms with Crippen molar-refractivity contribution in [1.29, 1.82) is 0 Å². The Morgan fingerprint density at radius 1 is 0.711 bits per heavy atom. The molecule has 3 aliphatic rings. The SMILES string of the molecule is CCCCCC[C@H](O)CCC[C@H](O)[C@H]1CC[C@H]([C@H]2CC[C@H]([C@H](O)CCCCCCCCCC[C@H]3CC(CC(C)=O)C(=O)O3)O2)O1. The van der Waals surface area contributed by atoms with Gasteiger partial charge >= 0.3 is 5.97 Å². The minimum Gasteiger partial charge on any atom is -0.462 e. The molecule has 0 amide bonds. The van der Waals surface area contributed by atoms with Gasteiger partial charge in [0.15, 0.2) is 0 Å². The van der Waals surface area contributed by atoms with Crippen LogP contribution in [0.2, 0.25) is 0 Å². The van der Waals surface area contributed by atoms with Gasteiger partial charge in [0.25, 0.3) is 0 Å². The molecule has 0 spiro atoms. The summed E-state index contributed by atoms with van der Waals surface area (Å²) in [6.07, 6.45) is 21.7. The second-order valence-electron chi connectivity index (χ2n) is 14.5. The van der Waals surface area contributed by atoms with Gasteiger partial charge in [-0.1, -0.05) is 77.6 Å². The Morgan fingerprint density at radius 3 is 1.82 bits per heavy atom. The molecule has 0 aromatic heterocycles. The first kappa shape index (κ1) is 38.4. The number of esters is 1. The van der Waals surface area contributed by atoms with Crippen molar-refractivity contribution in [2.45, 2.75) is 217 Å². The van der Waals surface area contributed by atoms with Gasteiger partial charge in [-0.25, -0.2) is 0 Å². The van der Waals surface area contributed by atoms with Crippen LogP contribution in [0.15, 0.2) is 0 Å². The lowest BCUT2D eigenvalue weighted by Gasteiger charge is -2.24. The highest BCUT2D eigenvalue weighted by Crippen LogP contribution is 2.35. The molecule has 8 nitrogen and oxygen atoms in total. The molecule has 3 fully saturated rings. The number of ether oxygens (including phenoxy) is 3. The Hall–Kier alpha value is -1.06. The number of aliphatic hydroxyl groups excluding tert-OH is 3. The molecule has 0 radical (unpaired) electrons. The average molecular weight is 639 g/mol. The highest BCUT2D eigenvalue weighted by atomic mass is 16.6. The molecule has 3 heterocycles. The molecule has 8 heteroatoms. The maximum absolute atomic E-state index is 11.9. The van der Waals surface area contributed by atoms with Crippen molar-refractivity contribution in [2.24, 2.45) is 5.92 Å². The number of Topliss-reactive ketones (excluding diaryl/α,β-unsaturated/α-hetero) is 1. The molecular formula is C37H66O8. The number of ketones is 1. The largest absolute Gasteiger partial charge is 0.462 e. The molecule has 262 valence electrons. The van der Waals surface area contributed by atoms with Gasteiger partial charge in [-0.2, -0.15) is 0 Å². The Labute approximate surface area is 273 Å². The van der Waals surface area contributed by atoms with Crippen LogP contribution >= 0.6 is 0 Å². The fourth-order valence-corrected chi connectivity index (χ4v) is 7.58. The van der Waals surface area contributed by atoms with Crippen LogP contribution in [0, 0.1) is 5.92 Å². The van der Waals surface area contributed by atoms with Crippen LogP contribution in [0.3, 0.4) is 0 Å². The van der Waals surface area contributed by atoms with Crippen LogP contribution in [0.5, 0.6) is 0 Å². The number of carbonyl (C=O) groups is 2. The number of hydrogen-bond acceptors (Lipinski definition) is 8. The third-order valence-corrected chi connectivity index (χ3v) is 10.3. The van der Waals surface area contributed by atoms with Crippen molar-refractivity contribution < 1.29 is 39.1 Å². The van der Waals surface area contributed by atoms with E-state index in [1.54, 1.807) is 0 Å². The molecule has 0 bridgehead atoms. The van der Waals surface area contributed by atoms with Crippen molar-refractivity contribution in [3.05, 3.63) is 0 Å². The van der Waals surface area contributed by atoms with Crippen LogP contribution in [0.4, 0.5) is 0 Å². The van der Waals surface area contributed by atoms with Gasteiger partial charge in [-0.15, -0.1) is 0 Å². The Bertz CT molecular complexity index is 820. The third-order valence-electron chi connectivity index (χ3n) is 10.3. The van der Waals surface area contributed by atoms with Gasteiger partial charge in [0.05, 0.1) is 48.6 Å². The summed E-state index contributed by atoms with van der Waals surface area (Å²) in [6.45, 7) is 3.73. The average Bonchev–Trinajstić information content (AvgIpc) is 3.76. The van der Waals surface area contributed by atoms with Gasteiger partial charge in [0.1, 0.15) is 11.9 Å². The molecule has 3 saturated heterocycles. The van der Waals surface area contributed by atoms with E-state index in [-0.39, 0.29) is 54.3 Å². The molecule has 0 aromatic rings. The van der Waals surface area contributed by atoms with Crippen molar-refractivity contribution in [3.8, 4) is 0 Å². The quantitative estimate of drug-likeness (QED) is 0.0714. The monoisotopic (exact) mass is 638 g/mol. The normalized spacial score (nSPS) is 28.8. The lowest BCUT2D eigenvalue weighted by Crippen LogP contribution is -2.33. The number of cyclic esters (lactones) is 1. The molecule has 3 rings (SSSR count). The first-order chi connectivity index (χ1) is 21.8. The van der Waals surface area contributed by atoms with E-state index in [2.05, 4.69) is 6.92 Å². The first-order valence-electron chi connectivity index (χ1n) is 18.8. The Balaban J connectivity index is 1.14. The van der Waals surface area contributed by atoms with E-state index in [1.807, 2.05) is 0 Å². The predicted molar refractivity (Wildman–Crippen MR) is 176 cm³/mol. The second kappa shape index (κ2) is 21.7. The smallest absolute Gasteiger partial charge is 0.309 e. The van der Waals surface area contributed by atoms with Gasteiger partial charge in [-0.3, -0.25) is 4.79 Å². The molecule has 0 aliphatic carbocycles. The van der Waals surface area contributed by atoms with Gasteiger partial charge in [0, 0.05) is 6.42 Å². The zero-order chi connectivity index (χ0) is 32.4. The van der Waals surface area contributed by atoms with Gasteiger partial charge < -0.3 is 34.3 Å². The van der Waals surface area contributed by atoms with Crippen molar-refractivity contribution in [2.75, 3.05) is 0 Å². The van der Waals surface area contributed by atoms with Gasteiger partial charge in [0.2, 0.25) is 0 Å². The summed E-state index contributed by atoms with van der Waals surface area (Å²) in [7, 11) is 0. The van der Waals surface area contributed by atoms with Crippen LogP contribution < -0.4 is 0 Å².